The zero-order chi connectivity index (χ0) is 11.9. The fourth-order valence-electron chi connectivity index (χ4n) is 1.91. The number of carbonyl (C=O) groups excluding carboxylic acids is 1. The van der Waals surface area contributed by atoms with Crippen molar-refractivity contribution in [2.45, 2.75) is 25.5 Å². The summed E-state index contributed by atoms with van der Waals surface area (Å²) in [5, 5.41) is 6.11. The second-order valence-corrected chi connectivity index (χ2v) is 4.25. The lowest BCUT2D eigenvalue weighted by Crippen LogP contribution is -2.45. The van der Waals surface area contributed by atoms with E-state index in [-0.39, 0.29) is 24.5 Å². The van der Waals surface area contributed by atoms with E-state index >= 15 is 0 Å². The van der Waals surface area contributed by atoms with Gasteiger partial charge in [0.05, 0.1) is 0 Å². The molecule has 4 nitrogen and oxygen atoms in total. The minimum atomic E-state index is -0.331. The highest BCUT2D eigenvalue weighted by molar-refractivity contribution is 5.85. The summed E-state index contributed by atoms with van der Waals surface area (Å²) in [5.41, 5.74) is 1.00. The van der Waals surface area contributed by atoms with Crippen LogP contribution in [-0.4, -0.2) is 25.2 Å². The molecule has 0 aromatic heterocycles. The van der Waals surface area contributed by atoms with Crippen molar-refractivity contribution in [3.8, 4) is 0 Å². The Bertz CT molecular complexity index is 353. The molecular weight excluding hydrogens is 252 g/mol. The van der Waals surface area contributed by atoms with E-state index in [0.717, 1.165) is 31.5 Å². The van der Waals surface area contributed by atoms with Crippen molar-refractivity contribution in [3.63, 3.8) is 0 Å². The van der Waals surface area contributed by atoms with Gasteiger partial charge in [-0.1, -0.05) is 30.3 Å². The second-order valence-electron chi connectivity index (χ2n) is 4.25. The number of piperidine rings is 1. The number of ether oxygens (including phenoxy) is 1. The third-order valence-corrected chi connectivity index (χ3v) is 2.83. The molecular formula is C13H19ClN2O2. The summed E-state index contributed by atoms with van der Waals surface area (Å²) >= 11 is 0. The number of benzene rings is 1. The summed E-state index contributed by atoms with van der Waals surface area (Å²) in [5.74, 6) is 0. The van der Waals surface area contributed by atoms with Gasteiger partial charge in [0, 0.05) is 12.6 Å². The van der Waals surface area contributed by atoms with Crippen LogP contribution in [0.1, 0.15) is 18.4 Å². The molecule has 0 saturated carbocycles. The molecule has 2 rings (SSSR count). The summed E-state index contributed by atoms with van der Waals surface area (Å²) < 4.78 is 5.15. The highest BCUT2D eigenvalue weighted by Crippen LogP contribution is 2.03. The van der Waals surface area contributed by atoms with Crippen LogP contribution in [0.4, 0.5) is 4.79 Å². The predicted octanol–water partition coefficient (Wildman–Crippen LogP) is 2.09. The van der Waals surface area contributed by atoms with Crippen molar-refractivity contribution >= 4 is 18.5 Å². The fraction of sp³-hybridized carbons (Fsp3) is 0.462. The van der Waals surface area contributed by atoms with Crippen LogP contribution in [-0.2, 0) is 11.3 Å². The Morgan fingerprint density at radius 2 is 2.17 bits per heavy atom. The van der Waals surface area contributed by atoms with Gasteiger partial charge in [-0.2, -0.15) is 0 Å². The third-order valence-electron chi connectivity index (χ3n) is 2.83. The van der Waals surface area contributed by atoms with Crippen LogP contribution in [0, 0.1) is 0 Å². The van der Waals surface area contributed by atoms with Gasteiger partial charge in [0.25, 0.3) is 0 Å². The van der Waals surface area contributed by atoms with Gasteiger partial charge in [0.2, 0.25) is 0 Å². The first kappa shape index (κ1) is 14.8. The normalized spacial score (nSPS) is 18.6. The van der Waals surface area contributed by atoms with Gasteiger partial charge >= 0.3 is 6.09 Å². The molecule has 18 heavy (non-hydrogen) atoms. The number of amides is 1. The molecule has 1 fully saturated rings. The van der Waals surface area contributed by atoms with Crippen LogP contribution >= 0.6 is 12.4 Å². The van der Waals surface area contributed by atoms with Crippen LogP contribution in [0.2, 0.25) is 0 Å². The number of halogens is 1. The average Bonchev–Trinajstić information content (AvgIpc) is 2.39. The average molecular weight is 271 g/mol. The summed E-state index contributed by atoms with van der Waals surface area (Å²) in [7, 11) is 0. The molecule has 1 heterocycles. The molecule has 2 N–H and O–H groups in total. The third kappa shape index (κ3) is 4.94. The Labute approximate surface area is 114 Å². The van der Waals surface area contributed by atoms with Crippen LogP contribution in [0.15, 0.2) is 30.3 Å². The molecule has 0 radical (unpaired) electrons. The van der Waals surface area contributed by atoms with E-state index in [2.05, 4.69) is 10.6 Å². The minimum absolute atomic E-state index is 0. The van der Waals surface area contributed by atoms with Crippen molar-refractivity contribution in [1.82, 2.24) is 10.6 Å². The predicted molar refractivity (Wildman–Crippen MR) is 72.9 cm³/mol. The Morgan fingerprint density at radius 1 is 1.39 bits per heavy atom. The van der Waals surface area contributed by atoms with E-state index in [1.165, 1.54) is 0 Å². The van der Waals surface area contributed by atoms with Gasteiger partial charge in [0.15, 0.2) is 0 Å². The van der Waals surface area contributed by atoms with Gasteiger partial charge in [-0.3, -0.25) is 0 Å². The van der Waals surface area contributed by atoms with E-state index in [1.807, 2.05) is 30.3 Å². The molecule has 0 bridgehead atoms. The van der Waals surface area contributed by atoms with Crippen LogP contribution < -0.4 is 10.6 Å². The number of hydrogen-bond donors (Lipinski definition) is 2. The van der Waals surface area contributed by atoms with Gasteiger partial charge in [-0.05, 0) is 24.9 Å². The van der Waals surface area contributed by atoms with Crippen molar-refractivity contribution in [2.24, 2.45) is 0 Å². The zero-order valence-corrected chi connectivity index (χ0v) is 11.0. The minimum Gasteiger partial charge on any atom is -0.445 e. The molecule has 1 aromatic carbocycles. The Balaban J connectivity index is 0.00000162. The maximum absolute atomic E-state index is 11.5. The van der Waals surface area contributed by atoms with Gasteiger partial charge in [0.1, 0.15) is 6.61 Å². The zero-order valence-electron chi connectivity index (χ0n) is 10.2. The van der Waals surface area contributed by atoms with Gasteiger partial charge in [-0.15, -0.1) is 12.4 Å². The maximum Gasteiger partial charge on any atom is 0.407 e. The molecule has 100 valence electrons. The first-order valence-electron chi connectivity index (χ1n) is 6.02. The van der Waals surface area contributed by atoms with Crippen LogP contribution in [0.25, 0.3) is 0 Å². The monoisotopic (exact) mass is 270 g/mol. The summed E-state index contributed by atoms with van der Waals surface area (Å²) in [6.07, 6.45) is 1.79. The molecule has 1 aliphatic rings. The number of rotatable bonds is 3. The first-order valence-corrected chi connectivity index (χ1v) is 6.02. The highest BCUT2D eigenvalue weighted by atomic mass is 35.5. The Hall–Kier alpha value is -1.26. The number of alkyl carbamates (subject to hydrolysis) is 1. The molecule has 5 heteroatoms. The maximum atomic E-state index is 11.5. The molecule has 1 aliphatic heterocycles. The van der Waals surface area contributed by atoms with Crippen molar-refractivity contribution in [1.29, 1.82) is 0 Å². The standard InChI is InChI=1S/C13H18N2O2.ClH/c16-13(15-12-7-4-8-14-9-12)17-10-11-5-2-1-3-6-11;/h1-3,5-6,12,14H,4,7-10H2,(H,15,16);1H/t12-;/m1./s1. The molecule has 0 aliphatic carbocycles. The Kier molecular flexibility index (Phi) is 6.54. The number of carbonyl (C=O) groups is 1. The largest absolute Gasteiger partial charge is 0.445 e. The van der Waals surface area contributed by atoms with E-state index in [1.54, 1.807) is 0 Å². The van der Waals surface area contributed by atoms with E-state index in [0.29, 0.717) is 6.61 Å². The topological polar surface area (TPSA) is 50.4 Å². The molecule has 1 aromatic rings. The SMILES string of the molecule is Cl.O=C(N[C@@H]1CCCNC1)OCc1ccccc1. The lowest BCUT2D eigenvalue weighted by molar-refractivity contribution is 0.134. The molecule has 0 unspecified atom stereocenters. The smallest absolute Gasteiger partial charge is 0.407 e. The Morgan fingerprint density at radius 3 is 2.83 bits per heavy atom. The lowest BCUT2D eigenvalue weighted by Gasteiger charge is -2.23. The summed E-state index contributed by atoms with van der Waals surface area (Å²) in [6, 6.07) is 9.89. The second kappa shape index (κ2) is 7.95. The molecule has 0 spiro atoms. The molecule has 1 saturated heterocycles. The highest BCUT2D eigenvalue weighted by Gasteiger charge is 2.15. The fourth-order valence-corrected chi connectivity index (χ4v) is 1.91. The first-order chi connectivity index (χ1) is 8.34. The quantitative estimate of drug-likeness (QED) is 0.884. The van der Waals surface area contributed by atoms with E-state index in [4.69, 9.17) is 4.74 Å². The summed E-state index contributed by atoms with van der Waals surface area (Å²) in [6.45, 7) is 2.20. The van der Waals surface area contributed by atoms with Crippen molar-refractivity contribution < 1.29 is 9.53 Å². The van der Waals surface area contributed by atoms with E-state index in [9.17, 15) is 4.79 Å². The molecule has 1 amide bonds. The molecule has 1 atom stereocenters. The van der Waals surface area contributed by atoms with Crippen LogP contribution in [0.3, 0.4) is 0 Å². The van der Waals surface area contributed by atoms with E-state index < -0.39 is 0 Å². The van der Waals surface area contributed by atoms with Crippen molar-refractivity contribution in [2.75, 3.05) is 13.1 Å². The summed E-state index contributed by atoms with van der Waals surface area (Å²) in [4.78, 5) is 11.5. The van der Waals surface area contributed by atoms with Crippen molar-refractivity contribution in [3.05, 3.63) is 35.9 Å². The number of nitrogens with one attached hydrogen (secondary N) is 2. The van der Waals surface area contributed by atoms with Crippen LogP contribution in [0.5, 0.6) is 0 Å². The lowest BCUT2D eigenvalue weighted by atomic mass is 10.1. The number of hydrogen-bond acceptors (Lipinski definition) is 3. The van der Waals surface area contributed by atoms with Gasteiger partial charge in [-0.25, -0.2) is 4.79 Å². The van der Waals surface area contributed by atoms with Gasteiger partial charge < -0.3 is 15.4 Å².